The van der Waals surface area contributed by atoms with Gasteiger partial charge in [-0.15, -0.1) is 0 Å². The average Bonchev–Trinajstić information content (AvgIpc) is 2.93. The molecule has 0 aromatic heterocycles. The highest BCUT2D eigenvalue weighted by atomic mass is 79.9. The minimum atomic E-state index is -0.0846. The zero-order chi connectivity index (χ0) is 15.9. The fourth-order valence-electron chi connectivity index (χ4n) is 2.20. The summed E-state index contributed by atoms with van der Waals surface area (Å²) in [4.78, 5) is 0.166. The van der Waals surface area contributed by atoms with Gasteiger partial charge in [-0.3, -0.25) is 0 Å². The van der Waals surface area contributed by atoms with Gasteiger partial charge in [0, 0.05) is 21.5 Å². The Hall–Kier alpha value is -0.300. The molecule has 0 unspecified atom stereocenters. The Bertz CT molecular complexity index is 479. The van der Waals surface area contributed by atoms with Crippen molar-refractivity contribution in [3.63, 3.8) is 0 Å². The third kappa shape index (κ3) is 4.85. The van der Waals surface area contributed by atoms with Crippen LogP contribution >= 0.6 is 31.9 Å². The molecule has 1 aromatic carbocycles. The van der Waals surface area contributed by atoms with Crippen molar-refractivity contribution in [3.05, 3.63) is 22.2 Å². The van der Waals surface area contributed by atoms with Crippen molar-refractivity contribution in [2.24, 2.45) is 0 Å². The molecule has 0 radical (unpaired) electrons. The first-order valence-corrected chi connectivity index (χ1v) is 9.26. The van der Waals surface area contributed by atoms with Crippen molar-refractivity contribution in [2.75, 3.05) is 26.6 Å². The molecule has 0 saturated carbocycles. The minimum Gasteiger partial charge on any atom is -0.454 e. The molecule has 0 aliphatic carbocycles. The minimum absolute atomic E-state index is 0.0846. The maximum atomic E-state index is 6.01. The zero-order valence-corrected chi connectivity index (χ0v) is 16.1. The summed E-state index contributed by atoms with van der Waals surface area (Å²) < 4.78 is 23.4. The summed E-state index contributed by atoms with van der Waals surface area (Å²) in [5.74, 6) is 1.53. The molecule has 1 aliphatic rings. The lowest BCUT2D eigenvalue weighted by molar-refractivity contribution is 0.00445. The van der Waals surface area contributed by atoms with Crippen LogP contribution in [0, 0.1) is 0 Å². The number of halogens is 2. The van der Waals surface area contributed by atoms with Crippen LogP contribution in [0.1, 0.15) is 38.4 Å². The molecule has 0 N–H and O–H groups in total. The van der Waals surface area contributed by atoms with Crippen LogP contribution in [-0.4, -0.2) is 31.4 Å². The van der Waals surface area contributed by atoms with Gasteiger partial charge in [0.1, 0.15) is 0 Å². The lowest BCUT2D eigenvalue weighted by Crippen LogP contribution is -2.17. The number of hydrogen-bond donors (Lipinski definition) is 0. The van der Waals surface area contributed by atoms with Gasteiger partial charge in [-0.1, -0.05) is 45.2 Å². The number of ether oxygens (including phenoxy) is 4. The van der Waals surface area contributed by atoms with Crippen molar-refractivity contribution >= 4 is 31.9 Å². The molecule has 0 fully saturated rings. The highest BCUT2D eigenvalue weighted by Gasteiger charge is 2.24. The summed E-state index contributed by atoms with van der Waals surface area (Å²) in [5, 5.41) is 0. The van der Waals surface area contributed by atoms with Gasteiger partial charge in [0.25, 0.3) is 0 Å². The van der Waals surface area contributed by atoms with E-state index >= 15 is 0 Å². The van der Waals surface area contributed by atoms with Gasteiger partial charge in [-0.25, -0.2) is 0 Å². The molecule has 2 rings (SSSR count). The zero-order valence-electron chi connectivity index (χ0n) is 12.9. The fourth-order valence-corrected chi connectivity index (χ4v) is 3.19. The normalized spacial score (nSPS) is 15.8. The van der Waals surface area contributed by atoms with E-state index in [9.17, 15) is 0 Å². The number of hydrogen-bond acceptors (Lipinski definition) is 4. The van der Waals surface area contributed by atoms with E-state index in [1.807, 2.05) is 12.1 Å². The van der Waals surface area contributed by atoms with E-state index in [1.54, 1.807) is 0 Å². The molecular weight excluding hydrogens is 416 g/mol. The SMILES string of the molecule is CCCCOCCO[C@@H](c1cc2c(cc1Br)OCO2)[C@@H](C)Br. The standard InChI is InChI=1S/C16H22Br2O4/c1-3-4-5-19-6-7-20-16(11(2)17)12-8-14-15(9-13(12)18)22-10-21-14/h8-9,11,16H,3-7,10H2,1-2H3/t11-,16-/m1/s1. The largest absolute Gasteiger partial charge is 0.454 e. The number of alkyl halides is 1. The maximum Gasteiger partial charge on any atom is 0.231 e. The molecule has 1 aromatic rings. The molecule has 0 bridgehead atoms. The second-order valence-electron chi connectivity index (χ2n) is 5.16. The molecular formula is C16H22Br2O4. The average molecular weight is 438 g/mol. The van der Waals surface area contributed by atoms with Crippen LogP contribution in [0.5, 0.6) is 11.5 Å². The van der Waals surface area contributed by atoms with Crippen molar-refractivity contribution in [3.8, 4) is 11.5 Å². The van der Waals surface area contributed by atoms with Gasteiger partial charge in [-0.2, -0.15) is 0 Å². The summed E-state index contributed by atoms with van der Waals surface area (Å²) in [6.45, 7) is 6.46. The summed E-state index contributed by atoms with van der Waals surface area (Å²) >= 11 is 7.22. The van der Waals surface area contributed by atoms with Crippen LogP contribution < -0.4 is 9.47 Å². The number of fused-ring (bicyclic) bond motifs is 1. The highest BCUT2D eigenvalue weighted by Crippen LogP contribution is 2.41. The quantitative estimate of drug-likeness (QED) is 0.409. The molecule has 124 valence electrons. The second-order valence-corrected chi connectivity index (χ2v) is 7.46. The van der Waals surface area contributed by atoms with Gasteiger partial charge < -0.3 is 18.9 Å². The number of benzene rings is 1. The van der Waals surface area contributed by atoms with Crippen molar-refractivity contribution in [1.29, 1.82) is 0 Å². The van der Waals surface area contributed by atoms with Crippen LogP contribution in [0.15, 0.2) is 16.6 Å². The van der Waals surface area contributed by atoms with E-state index in [-0.39, 0.29) is 17.7 Å². The molecule has 0 saturated heterocycles. The molecule has 2 atom stereocenters. The van der Waals surface area contributed by atoms with E-state index in [0.29, 0.717) is 13.2 Å². The summed E-state index contributed by atoms with van der Waals surface area (Å²) in [6.07, 6.45) is 2.15. The molecule has 6 heteroatoms. The summed E-state index contributed by atoms with van der Waals surface area (Å²) in [6, 6.07) is 3.91. The molecule has 22 heavy (non-hydrogen) atoms. The predicted octanol–water partition coefficient (Wildman–Crippen LogP) is 4.84. The first-order chi connectivity index (χ1) is 10.6. The molecule has 4 nitrogen and oxygen atoms in total. The smallest absolute Gasteiger partial charge is 0.231 e. The Morgan fingerprint density at radius 3 is 2.59 bits per heavy atom. The van der Waals surface area contributed by atoms with Gasteiger partial charge in [0.15, 0.2) is 11.5 Å². The molecule has 0 spiro atoms. The Morgan fingerprint density at radius 1 is 1.18 bits per heavy atom. The van der Waals surface area contributed by atoms with Gasteiger partial charge in [-0.05, 0) is 25.5 Å². The van der Waals surface area contributed by atoms with Crippen LogP contribution in [0.2, 0.25) is 0 Å². The lowest BCUT2D eigenvalue weighted by Gasteiger charge is -2.22. The van der Waals surface area contributed by atoms with E-state index < -0.39 is 0 Å². The Kier molecular flexibility index (Phi) is 7.47. The monoisotopic (exact) mass is 436 g/mol. The highest BCUT2D eigenvalue weighted by molar-refractivity contribution is 9.10. The van der Waals surface area contributed by atoms with Gasteiger partial charge >= 0.3 is 0 Å². The van der Waals surface area contributed by atoms with Crippen LogP contribution in [0.25, 0.3) is 0 Å². The fraction of sp³-hybridized carbons (Fsp3) is 0.625. The van der Waals surface area contributed by atoms with E-state index in [1.165, 1.54) is 0 Å². The predicted molar refractivity (Wildman–Crippen MR) is 93.1 cm³/mol. The van der Waals surface area contributed by atoms with Crippen molar-refractivity contribution in [1.82, 2.24) is 0 Å². The van der Waals surface area contributed by atoms with Gasteiger partial charge in [0.2, 0.25) is 6.79 Å². The van der Waals surface area contributed by atoms with E-state index in [0.717, 1.165) is 41.0 Å². The lowest BCUT2D eigenvalue weighted by atomic mass is 10.1. The van der Waals surface area contributed by atoms with Crippen LogP contribution in [0.4, 0.5) is 0 Å². The third-order valence-electron chi connectivity index (χ3n) is 3.38. The summed E-state index contributed by atoms with van der Waals surface area (Å²) in [5.41, 5.74) is 1.04. The van der Waals surface area contributed by atoms with Crippen LogP contribution in [0.3, 0.4) is 0 Å². The first kappa shape index (κ1) is 18.0. The molecule has 1 aliphatic heterocycles. The number of unbranched alkanes of at least 4 members (excludes halogenated alkanes) is 1. The van der Waals surface area contributed by atoms with Crippen molar-refractivity contribution < 1.29 is 18.9 Å². The first-order valence-electron chi connectivity index (χ1n) is 7.56. The third-order valence-corrected chi connectivity index (χ3v) is 4.55. The Labute approximate surface area is 148 Å². The molecule has 1 heterocycles. The van der Waals surface area contributed by atoms with Crippen molar-refractivity contribution in [2.45, 2.75) is 37.6 Å². The topological polar surface area (TPSA) is 36.9 Å². The second kappa shape index (κ2) is 9.11. The van der Waals surface area contributed by atoms with Crippen LogP contribution in [-0.2, 0) is 9.47 Å². The van der Waals surface area contributed by atoms with E-state index in [2.05, 4.69) is 45.7 Å². The van der Waals surface area contributed by atoms with E-state index in [4.69, 9.17) is 18.9 Å². The Morgan fingerprint density at radius 2 is 1.91 bits per heavy atom. The Balaban J connectivity index is 1.96. The summed E-state index contributed by atoms with van der Waals surface area (Å²) in [7, 11) is 0. The number of rotatable bonds is 9. The maximum absolute atomic E-state index is 6.01. The molecule has 0 amide bonds. The van der Waals surface area contributed by atoms with Gasteiger partial charge in [0.05, 0.1) is 19.3 Å².